The van der Waals surface area contributed by atoms with Crippen LogP contribution in [0.1, 0.15) is 5.56 Å². The zero-order valence-electron chi connectivity index (χ0n) is 9.59. The lowest BCUT2D eigenvalue weighted by molar-refractivity contribution is -0.143. The van der Waals surface area contributed by atoms with Crippen molar-refractivity contribution < 1.29 is 19.8 Å². The molecule has 1 aromatic rings. The molecule has 1 heterocycles. The smallest absolute Gasteiger partial charge is 0.328 e. The predicted molar refractivity (Wildman–Crippen MR) is 64.2 cm³/mol. The summed E-state index contributed by atoms with van der Waals surface area (Å²) in [4.78, 5) is 22.5. The highest BCUT2D eigenvalue weighted by molar-refractivity contribution is 5.90. The van der Waals surface area contributed by atoms with E-state index in [4.69, 9.17) is 10.2 Å². The maximum atomic E-state index is 11.8. The number of hydrogen-bond acceptors (Lipinski definition) is 4. The number of carboxylic acid groups (broad SMARTS) is 1. The normalized spacial score (nSPS) is 18.6. The Morgan fingerprint density at radius 3 is 2.78 bits per heavy atom. The Morgan fingerprint density at radius 2 is 2.17 bits per heavy atom. The molecule has 1 aliphatic rings. The van der Waals surface area contributed by atoms with Crippen molar-refractivity contribution in [3.63, 3.8) is 0 Å². The van der Waals surface area contributed by atoms with Gasteiger partial charge >= 0.3 is 5.97 Å². The second-order valence-electron chi connectivity index (χ2n) is 4.14. The first kappa shape index (κ1) is 12.4. The first-order chi connectivity index (χ1) is 8.61. The third kappa shape index (κ3) is 2.43. The van der Waals surface area contributed by atoms with Crippen LogP contribution in [0.5, 0.6) is 0 Å². The third-order valence-corrected chi connectivity index (χ3v) is 2.88. The lowest BCUT2D eigenvalue weighted by Gasteiger charge is -2.15. The lowest BCUT2D eigenvalue weighted by atomic mass is 10.1. The first-order valence-electron chi connectivity index (χ1n) is 5.60. The van der Waals surface area contributed by atoms with Crippen molar-refractivity contribution >= 4 is 17.6 Å². The van der Waals surface area contributed by atoms with E-state index < -0.39 is 30.6 Å². The van der Waals surface area contributed by atoms with E-state index >= 15 is 0 Å². The van der Waals surface area contributed by atoms with Crippen LogP contribution in [-0.4, -0.2) is 40.8 Å². The average Bonchev–Trinajstić information content (AvgIpc) is 2.79. The van der Waals surface area contributed by atoms with E-state index in [1.54, 1.807) is 0 Å². The van der Waals surface area contributed by atoms with E-state index in [2.05, 4.69) is 10.6 Å². The Labute approximate surface area is 104 Å². The molecule has 0 bridgehead atoms. The SMILES string of the molecule is O=C(N[C@@H](CO)C(=O)O)C1Cc2ccccc2N1. The molecular formula is C12H14N2O4. The van der Waals surface area contributed by atoms with Crippen molar-refractivity contribution in [2.45, 2.75) is 18.5 Å². The van der Waals surface area contributed by atoms with Crippen LogP contribution in [0, 0.1) is 0 Å². The number of carbonyl (C=O) groups excluding carboxylic acids is 1. The minimum atomic E-state index is -1.26. The van der Waals surface area contributed by atoms with E-state index in [-0.39, 0.29) is 0 Å². The van der Waals surface area contributed by atoms with Gasteiger partial charge in [0.15, 0.2) is 0 Å². The number of carbonyl (C=O) groups is 2. The summed E-state index contributed by atoms with van der Waals surface area (Å²) in [5, 5.41) is 22.9. The van der Waals surface area contributed by atoms with Crippen molar-refractivity contribution in [1.29, 1.82) is 0 Å². The quantitative estimate of drug-likeness (QED) is 0.582. The summed E-state index contributed by atoms with van der Waals surface area (Å²) in [7, 11) is 0. The maximum Gasteiger partial charge on any atom is 0.328 e. The highest BCUT2D eigenvalue weighted by Crippen LogP contribution is 2.25. The van der Waals surface area contributed by atoms with E-state index in [1.165, 1.54) is 0 Å². The number of amides is 1. The van der Waals surface area contributed by atoms with Crippen molar-refractivity contribution in [1.82, 2.24) is 5.32 Å². The highest BCUT2D eigenvalue weighted by atomic mass is 16.4. The molecule has 0 aromatic heterocycles. The van der Waals surface area contributed by atoms with E-state index in [0.29, 0.717) is 6.42 Å². The van der Waals surface area contributed by atoms with Gasteiger partial charge in [-0.25, -0.2) is 4.79 Å². The molecule has 0 spiro atoms. The summed E-state index contributed by atoms with van der Waals surface area (Å²) in [5.74, 6) is -1.67. The molecule has 1 aromatic carbocycles. The zero-order chi connectivity index (χ0) is 13.1. The molecule has 0 saturated carbocycles. The predicted octanol–water partition coefficient (Wildman–Crippen LogP) is -0.415. The molecule has 6 heteroatoms. The second kappa shape index (κ2) is 5.05. The Hall–Kier alpha value is -2.08. The van der Waals surface area contributed by atoms with Crippen LogP contribution in [0.15, 0.2) is 24.3 Å². The Morgan fingerprint density at radius 1 is 1.44 bits per heavy atom. The number of anilines is 1. The molecule has 96 valence electrons. The van der Waals surface area contributed by atoms with Crippen molar-refractivity contribution in [3.8, 4) is 0 Å². The molecule has 0 aliphatic carbocycles. The fourth-order valence-electron chi connectivity index (χ4n) is 1.91. The number of aliphatic carboxylic acids is 1. The monoisotopic (exact) mass is 250 g/mol. The van der Waals surface area contributed by atoms with Crippen LogP contribution in [0.2, 0.25) is 0 Å². The summed E-state index contributed by atoms with van der Waals surface area (Å²) in [6.45, 7) is -0.624. The van der Waals surface area contributed by atoms with Gasteiger partial charge in [0.2, 0.25) is 5.91 Å². The van der Waals surface area contributed by atoms with E-state index in [1.807, 2.05) is 24.3 Å². The molecular weight excluding hydrogens is 236 g/mol. The number of carboxylic acids is 1. The number of benzene rings is 1. The second-order valence-corrected chi connectivity index (χ2v) is 4.14. The standard InChI is InChI=1S/C12H14N2O4/c15-6-10(12(17)18)14-11(16)9-5-7-3-1-2-4-8(7)13-9/h1-4,9-10,13,15H,5-6H2,(H,14,16)(H,17,18)/t9?,10-/m0/s1. The Kier molecular flexibility index (Phi) is 3.47. The van der Waals surface area contributed by atoms with Gasteiger partial charge in [-0.15, -0.1) is 0 Å². The van der Waals surface area contributed by atoms with E-state index in [0.717, 1.165) is 11.3 Å². The number of aliphatic hydroxyl groups excluding tert-OH is 1. The van der Waals surface area contributed by atoms with Gasteiger partial charge < -0.3 is 20.8 Å². The van der Waals surface area contributed by atoms with Crippen molar-refractivity contribution in [3.05, 3.63) is 29.8 Å². The molecule has 2 atom stereocenters. The number of rotatable bonds is 4. The fraction of sp³-hybridized carbons (Fsp3) is 0.333. The minimum Gasteiger partial charge on any atom is -0.480 e. The molecule has 0 saturated heterocycles. The van der Waals surface area contributed by atoms with Gasteiger partial charge in [0.05, 0.1) is 6.61 Å². The molecule has 2 rings (SSSR count). The van der Waals surface area contributed by atoms with E-state index in [9.17, 15) is 9.59 Å². The van der Waals surface area contributed by atoms with Crippen LogP contribution in [0.25, 0.3) is 0 Å². The Balaban J connectivity index is 1.99. The number of para-hydroxylation sites is 1. The molecule has 4 N–H and O–H groups in total. The van der Waals surface area contributed by atoms with Gasteiger partial charge in [-0.2, -0.15) is 0 Å². The van der Waals surface area contributed by atoms with Gasteiger partial charge in [-0.1, -0.05) is 18.2 Å². The molecule has 0 fully saturated rings. The number of aliphatic hydroxyl groups is 1. The summed E-state index contributed by atoms with van der Waals surface area (Å²) in [6.07, 6.45) is 0.514. The van der Waals surface area contributed by atoms with Gasteiger partial charge in [0, 0.05) is 12.1 Å². The first-order valence-corrected chi connectivity index (χ1v) is 5.60. The van der Waals surface area contributed by atoms with Gasteiger partial charge in [-0.05, 0) is 11.6 Å². The van der Waals surface area contributed by atoms with Crippen molar-refractivity contribution in [2.75, 3.05) is 11.9 Å². The number of hydrogen-bond donors (Lipinski definition) is 4. The summed E-state index contributed by atoms with van der Waals surface area (Å²) < 4.78 is 0. The molecule has 1 aliphatic heterocycles. The number of nitrogens with one attached hydrogen (secondary N) is 2. The molecule has 1 unspecified atom stereocenters. The lowest BCUT2D eigenvalue weighted by Crippen LogP contribution is -2.49. The highest BCUT2D eigenvalue weighted by Gasteiger charge is 2.29. The van der Waals surface area contributed by atoms with Gasteiger partial charge in [0.1, 0.15) is 12.1 Å². The average molecular weight is 250 g/mol. The zero-order valence-corrected chi connectivity index (χ0v) is 9.59. The van der Waals surface area contributed by atoms with Crippen molar-refractivity contribution in [2.24, 2.45) is 0 Å². The fourth-order valence-corrected chi connectivity index (χ4v) is 1.91. The largest absolute Gasteiger partial charge is 0.480 e. The van der Waals surface area contributed by atoms with Crippen LogP contribution < -0.4 is 10.6 Å². The summed E-state index contributed by atoms with van der Waals surface area (Å²) in [5.41, 5.74) is 1.90. The Bertz CT molecular complexity index is 450. The third-order valence-electron chi connectivity index (χ3n) is 2.88. The molecule has 0 radical (unpaired) electrons. The molecule has 18 heavy (non-hydrogen) atoms. The van der Waals surface area contributed by atoms with Gasteiger partial charge in [0.25, 0.3) is 0 Å². The minimum absolute atomic E-state index is 0.423. The summed E-state index contributed by atoms with van der Waals surface area (Å²) in [6, 6.07) is 5.77. The van der Waals surface area contributed by atoms with Crippen LogP contribution in [0.3, 0.4) is 0 Å². The summed E-state index contributed by atoms with van der Waals surface area (Å²) >= 11 is 0. The maximum absolute atomic E-state index is 11.8. The van der Waals surface area contributed by atoms with Gasteiger partial charge in [-0.3, -0.25) is 4.79 Å². The molecule has 6 nitrogen and oxygen atoms in total. The van der Waals surface area contributed by atoms with Crippen LogP contribution in [-0.2, 0) is 16.0 Å². The van der Waals surface area contributed by atoms with Crippen LogP contribution in [0.4, 0.5) is 5.69 Å². The van der Waals surface area contributed by atoms with Crippen LogP contribution >= 0.6 is 0 Å². The number of fused-ring (bicyclic) bond motifs is 1. The molecule has 1 amide bonds. The topological polar surface area (TPSA) is 98.7 Å².